The Morgan fingerprint density at radius 2 is 1.44 bits per heavy atom. The van der Waals surface area contributed by atoms with Crippen LogP contribution in [-0.4, -0.2) is 33.0 Å². The number of hydrogen-bond donors (Lipinski definition) is 1. The van der Waals surface area contributed by atoms with E-state index in [0.717, 1.165) is 16.8 Å². The van der Waals surface area contributed by atoms with Crippen LogP contribution in [0, 0.1) is 0 Å². The molecule has 0 saturated carbocycles. The Bertz CT molecular complexity index is 1120. The van der Waals surface area contributed by atoms with Crippen LogP contribution in [0.4, 0.5) is 0 Å². The van der Waals surface area contributed by atoms with Crippen molar-refractivity contribution >= 4 is 11.7 Å². The third kappa shape index (κ3) is 4.41. The topological polar surface area (TPSA) is 73.9 Å². The van der Waals surface area contributed by atoms with Crippen molar-refractivity contribution in [2.75, 3.05) is 21.3 Å². The quantitative estimate of drug-likeness (QED) is 0.674. The van der Waals surface area contributed by atoms with Crippen LogP contribution in [0.15, 0.2) is 47.7 Å². The predicted molar refractivity (Wildman–Crippen MR) is 131 cm³/mol. The first-order valence-corrected chi connectivity index (χ1v) is 11.6. The lowest BCUT2D eigenvalue weighted by Crippen LogP contribution is -2.38. The third-order valence-electron chi connectivity index (χ3n) is 6.87. The van der Waals surface area contributed by atoms with Gasteiger partial charge in [0, 0.05) is 30.0 Å². The van der Waals surface area contributed by atoms with Gasteiger partial charge in [-0.05, 0) is 46.6 Å². The van der Waals surface area contributed by atoms with Crippen molar-refractivity contribution in [1.29, 1.82) is 0 Å². The summed E-state index contributed by atoms with van der Waals surface area (Å²) in [4.78, 5) is 26.2. The highest BCUT2D eigenvalue weighted by Crippen LogP contribution is 2.46. The maximum Gasteiger partial charge on any atom is 0.225 e. The second kappa shape index (κ2) is 9.16. The largest absolute Gasteiger partial charge is 0.493 e. The van der Waals surface area contributed by atoms with E-state index in [1.54, 1.807) is 21.3 Å². The molecule has 1 aliphatic carbocycles. The molecule has 1 aliphatic heterocycles. The Kier molecular flexibility index (Phi) is 6.43. The van der Waals surface area contributed by atoms with Gasteiger partial charge in [0.1, 0.15) is 0 Å². The zero-order chi connectivity index (χ0) is 24.6. The maximum atomic E-state index is 13.5. The molecule has 2 aromatic carbocycles. The van der Waals surface area contributed by atoms with Crippen LogP contribution in [0.25, 0.3) is 0 Å². The Balaban J connectivity index is 1.70. The average Bonchev–Trinajstić information content (AvgIpc) is 2.81. The molecule has 6 nitrogen and oxygen atoms in total. The van der Waals surface area contributed by atoms with Crippen molar-refractivity contribution < 1.29 is 23.8 Å². The predicted octanol–water partition coefficient (Wildman–Crippen LogP) is 5.01. The Morgan fingerprint density at radius 3 is 1.97 bits per heavy atom. The summed E-state index contributed by atoms with van der Waals surface area (Å²) >= 11 is 0. The van der Waals surface area contributed by atoms with Gasteiger partial charge in [0.2, 0.25) is 11.7 Å². The zero-order valence-electron chi connectivity index (χ0n) is 20.8. The Morgan fingerprint density at radius 1 is 0.824 bits per heavy atom. The summed E-state index contributed by atoms with van der Waals surface area (Å²) < 4.78 is 16.4. The van der Waals surface area contributed by atoms with E-state index in [-0.39, 0.29) is 35.4 Å². The lowest BCUT2D eigenvalue weighted by atomic mass is 9.73. The summed E-state index contributed by atoms with van der Waals surface area (Å²) in [6.45, 7) is 6.55. The Labute approximate surface area is 201 Å². The molecule has 0 radical (unpaired) electrons. The molecule has 6 heteroatoms. The fraction of sp³-hybridized carbons (Fsp3) is 0.429. The van der Waals surface area contributed by atoms with Gasteiger partial charge in [0.25, 0.3) is 0 Å². The number of carbonyl (C=O) groups is 2. The van der Waals surface area contributed by atoms with Crippen molar-refractivity contribution in [1.82, 2.24) is 5.32 Å². The molecule has 1 heterocycles. The molecule has 1 N–H and O–H groups in total. The second-order valence-electron chi connectivity index (χ2n) is 10.1. The standard InChI is InChI=1S/C28H33NO5/c1-28(2,3)19-9-7-16(8-10-19)17-11-21-26(22(30)12-17)20(15-25(31)29-21)18-13-23(32-4)27(34-6)24(14-18)33-5/h7-10,13-14,17,20H,11-12,15H2,1-6H3,(H,29,31)/t17-,20+/m1/s1. The number of ketones is 1. The lowest BCUT2D eigenvalue weighted by molar-refractivity contribution is -0.122. The van der Waals surface area contributed by atoms with Crippen LogP contribution in [0.5, 0.6) is 17.2 Å². The number of Topliss-reactive ketones (excluding diaryl/α,β-unsaturated/α-hetero) is 1. The fourth-order valence-corrected chi connectivity index (χ4v) is 5.04. The normalized spacial score (nSPS) is 20.5. The van der Waals surface area contributed by atoms with Crippen molar-refractivity contribution in [2.24, 2.45) is 0 Å². The molecule has 0 bridgehead atoms. The monoisotopic (exact) mass is 463 g/mol. The van der Waals surface area contributed by atoms with Crippen LogP contribution in [0.2, 0.25) is 0 Å². The van der Waals surface area contributed by atoms with Crippen molar-refractivity contribution in [2.45, 2.75) is 57.3 Å². The van der Waals surface area contributed by atoms with E-state index >= 15 is 0 Å². The van der Waals surface area contributed by atoms with E-state index in [4.69, 9.17) is 14.2 Å². The van der Waals surface area contributed by atoms with Crippen LogP contribution in [0.1, 0.15) is 68.6 Å². The van der Waals surface area contributed by atoms with Crippen LogP contribution in [-0.2, 0) is 15.0 Å². The molecule has 34 heavy (non-hydrogen) atoms. The summed E-state index contributed by atoms with van der Waals surface area (Å²) in [6, 6.07) is 12.2. The van der Waals surface area contributed by atoms with E-state index in [2.05, 4.69) is 50.4 Å². The molecule has 180 valence electrons. The van der Waals surface area contributed by atoms with Gasteiger partial charge in [0.05, 0.1) is 21.3 Å². The first-order chi connectivity index (χ1) is 16.2. The van der Waals surface area contributed by atoms with Crippen LogP contribution >= 0.6 is 0 Å². The minimum Gasteiger partial charge on any atom is -0.493 e. The van der Waals surface area contributed by atoms with Gasteiger partial charge in [-0.3, -0.25) is 9.59 Å². The van der Waals surface area contributed by atoms with Gasteiger partial charge in [-0.25, -0.2) is 0 Å². The number of ether oxygens (including phenoxy) is 3. The first kappa shape index (κ1) is 23.9. The van der Waals surface area contributed by atoms with E-state index in [0.29, 0.717) is 35.7 Å². The highest BCUT2D eigenvalue weighted by atomic mass is 16.5. The number of amides is 1. The summed E-state index contributed by atoms with van der Waals surface area (Å²) in [6.07, 6.45) is 1.25. The van der Waals surface area contributed by atoms with Crippen molar-refractivity contribution in [3.63, 3.8) is 0 Å². The van der Waals surface area contributed by atoms with Gasteiger partial charge in [-0.2, -0.15) is 0 Å². The van der Waals surface area contributed by atoms with Gasteiger partial charge in [-0.1, -0.05) is 45.0 Å². The highest BCUT2D eigenvalue weighted by molar-refractivity contribution is 6.02. The van der Waals surface area contributed by atoms with Gasteiger partial charge >= 0.3 is 0 Å². The molecular weight excluding hydrogens is 430 g/mol. The van der Waals surface area contributed by atoms with Crippen molar-refractivity contribution in [3.8, 4) is 17.2 Å². The van der Waals surface area contributed by atoms with Crippen molar-refractivity contribution in [3.05, 3.63) is 64.4 Å². The number of rotatable bonds is 5. The number of hydrogen-bond acceptors (Lipinski definition) is 5. The third-order valence-corrected chi connectivity index (χ3v) is 6.87. The molecule has 4 rings (SSSR count). The molecule has 0 unspecified atom stereocenters. The summed E-state index contributed by atoms with van der Waals surface area (Å²) in [5, 5.41) is 3.00. The molecule has 1 amide bonds. The molecule has 0 aromatic heterocycles. The minimum atomic E-state index is -0.353. The number of methoxy groups -OCH3 is 3. The summed E-state index contributed by atoms with van der Waals surface area (Å²) in [7, 11) is 4.66. The molecule has 0 fully saturated rings. The van der Waals surface area contributed by atoms with Gasteiger partial charge < -0.3 is 19.5 Å². The Hall–Kier alpha value is -3.28. The smallest absolute Gasteiger partial charge is 0.225 e. The second-order valence-corrected chi connectivity index (χ2v) is 10.1. The zero-order valence-corrected chi connectivity index (χ0v) is 20.8. The van der Waals surface area contributed by atoms with Crippen LogP contribution in [0.3, 0.4) is 0 Å². The fourth-order valence-electron chi connectivity index (χ4n) is 5.04. The maximum absolute atomic E-state index is 13.5. The first-order valence-electron chi connectivity index (χ1n) is 11.6. The van der Waals surface area contributed by atoms with E-state index in [1.807, 2.05) is 12.1 Å². The van der Waals surface area contributed by atoms with E-state index in [1.165, 1.54) is 5.56 Å². The van der Waals surface area contributed by atoms with Gasteiger partial charge in [-0.15, -0.1) is 0 Å². The molecule has 0 saturated heterocycles. The number of benzene rings is 2. The van der Waals surface area contributed by atoms with E-state index < -0.39 is 0 Å². The molecule has 2 aliphatic rings. The van der Waals surface area contributed by atoms with Crippen LogP contribution < -0.4 is 19.5 Å². The SMILES string of the molecule is COc1cc([C@@H]2CC(=O)NC3=C2C(=O)C[C@H](c2ccc(C(C)(C)C)cc2)C3)cc(OC)c1OC. The summed E-state index contributed by atoms with van der Waals surface area (Å²) in [5.74, 6) is 1.17. The molecular formula is C28H33NO5. The van der Waals surface area contributed by atoms with Gasteiger partial charge in [0.15, 0.2) is 17.3 Å². The molecule has 2 atom stereocenters. The number of nitrogens with one attached hydrogen (secondary N) is 1. The average molecular weight is 464 g/mol. The number of allylic oxidation sites excluding steroid dienone is 2. The highest BCUT2D eigenvalue weighted by Gasteiger charge is 2.39. The lowest BCUT2D eigenvalue weighted by Gasteiger charge is -2.35. The molecule has 2 aromatic rings. The minimum absolute atomic E-state index is 0.0410. The summed E-state index contributed by atoms with van der Waals surface area (Å²) in [5.41, 5.74) is 4.68. The number of carbonyl (C=O) groups excluding carboxylic acids is 2. The molecule has 0 spiro atoms. The van der Waals surface area contributed by atoms with E-state index in [9.17, 15) is 9.59 Å².